The van der Waals surface area contributed by atoms with Gasteiger partial charge in [-0.25, -0.2) is 17.5 Å². The SMILES string of the molecule is Cc1ccc(NC(=O)Cn2nnc3ccccc32)cc1S(=O)(=O)Nc1ccccc1F. The van der Waals surface area contributed by atoms with Crippen molar-refractivity contribution in [3.8, 4) is 0 Å². The number of para-hydroxylation sites is 2. The smallest absolute Gasteiger partial charge is 0.262 e. The second kappa shape index (κ2) is 8.15. The third kappa shape index (κ3) is 4.38. The number of anilines is 2. The molecule has 1 amide bonds. The Morgan fingerprint density at radius 2 is 1.81 bits per heavy atom. The molecule has 0 saturated heterocycles. The second-order valence-corrected chi connectivity index (χ2v) is 8.50. The Morgan fingerprint density at radius 1 is 1.06 bits per heavy atom. The number of benzene rings is 3. The van der Waals surface area contributed by atoms with E-state index in [2.05, 4.69) is 20.4 Å². The highest BCUT2D eigenvalue weighted by atomic mass is 32.2. The van der Waals surface area contributed by atoms with Crippen molar-refractivity contribution < 1.29 is 17.6 Å². The van der Waals surface area contributed by atoms with Crippen LogP contribution >= 0.6 is 0 Å². The van der Waals surface area contributed by atoms with Gasteiger partial charge in [-0.1, -0.05) is 35.5 Å². The maximum absolute atomic E-state index is 13.9. The van der Waals surface area contributed by atoms with Crippen molar-refractivity contribution in [1.29, 1.82) is 0 Å². The van der Waals surface area contributed by atoms with E-state index in [-0.39, 0.29) is 22.8 Å². The molecule has 4 rings (SSSR count). The number of aromatic nitrogens is 3. The molecule has 3 aromatic carbocycles. The van der Waals surface area contributed by atoms with Crippen LogP contribution in [0.2, 0.25) is 0 Å². The third-order valence-electron chi connectivity index (χ3n) is 4.59. The molecule has 0 saturated carbocycles. The van der Waals surface area contributed by atoms with E-state index in [4.69, 9.17) is 0 Å². The van der Waals surface area contributed by atoms with Gasteiger partial charge in [-0.3, -0.25) is 9.52 Å². The van der Waals surface area contributed by atoms with Gasteiger partial charge in [-0.05, 0) is 48.9 Å². The summed E-state index contributed by atoms with van der Waals surface area (Å²) in [5.41, 5.74) is 1.95. The summed E-state index contributed by atoms with van der Waals surface area (Å²) in [5.74, 6) is -1.09. The number of aryl methyl sites for hydroxylation is 1. The summed E-state index contributed by atoms with van der Waals surface area (Å²) in [6.45, 7) is 1.52. The van der Waals surface area contributed by atoms with E-state index >= 15 is 0 Å². The summed E-state index contributed by atoms with van der Waals surface area (Å²) < 4.78 is 43.2. The molecule has 0 unspecified atom stereocenters. The lowest BCUT2D eigenvalue weighted by Crippen LogP contribution is -2.20. The van der Waals surface area contributed by atoms with Crippen LogP contribution in [0.15, 0.2) is 71.6 Å². The van der Waals surface area contributed by atoms with Crippen LogP contribution in [0, 0.1) is 12.7 Å². The van der Waals surface area contributed by atoms with Gasteiger partial charge in [0.1, 0.15) is 17.9 Å². The lowest BCUT2D eigenvalue weighted by atomic mass is 10.2. The van der Waals surface area contributed by atoms with Crippen LogP contribution in [-0.4, -0.2) is 29.3 Å². The molecule has 0 spiro atoms. The van der Waals surface area contributed by atoms with Crippen molar-refractivity contribution in [2.24, 2.45) is 0 Å². The Balaban J connectivity index is 1.54. The maximum atomic E-state index is 13.9. The Morgan fingerprint density at radius 3 is 2.61 bits per heavy atom. The number of nitrogens with one attached hydrogen (secondary N) is 2. The first kappa shape index (κ1) is 20.5. The third-order valence-corrected chi connectivity index (χ3v) is 6.10. The van der Waals surface area contributed by atoms with Crippen molar-refractivity contribution in [3.05, 3.63) is 78.1 Å². The van der Waals surface area contributed by atoms with Crippen LogP contribution in [0.4, 0.5) is 15.8 Å². The maximum Gasteiger partial charge on any atom is 0.262 e. The van der Waals surface area contributed by atoms with E-state index in [1.165, 1.54) is 28.9 Å². The van der Waals surface area contributed by atoms with E-state index in [0.717, 1.165) is 6.07 Å². The van der Waals surface area contributed by atoms with E-state index in [0.29, 0.717) is 16.6 Å². The van der Waals surface area contributed by atoms with Gasteiger partial charge in [0, 0.05) is 5.69 Å². The molecule has 0 bridgehead atoms. The molecule has 0 atom stereocenters. The molecular weight excluding hydrogens is 421 g/mol. The second-order valence-electron chi connectivity index (χ2n) is 6.85. The zero-order chi connectivity index (χ0) is 22.0. The number of carbonyl (C=O) groups is 1. The molecule has 1 heterocycles. The van der Waals surface area contributed by atoms with E-state index in [1.54, 1.807) is 31.2 Å². The Hall–Kier alpha value is -3.79. The summed E-state index contributed by atoms with van der Waals surface area (Å²) in [6, 6.07) is 17.2. The molecule has 2 N–H and O–H groups in total. The molecule has 0 aliphatic rings. The number of amides is 1. The van der Waals surface area contributed by atoms with E-state index < -0.39 is 21.7 Å². The number of nitrogens with zero attached hydrogens (tertiary/aromatic N) is 3. The van der Waals surface area contributed by atoms with Gasteiger partial charge in [0.25, 0.3) is 10.0 Å². The Labute approximate surface area is 177 Å². The van der Waals surface area contributed by atoms with Crippen molar-refractivity contribution in [3.63, 3.8) is 0 Å². The van der Waals surface area contributed by atoms with E-state index in [1.807, 2.05) is 12.1 Å². The number of hydrogen-bond donors (Lipinski definition) is 2. The fourth-order valence-corrected chi connectivity index (χ4v) is 4.42. The molecular formula is C21H18FN5O3S. The van der Waals surface area contributed by atoms with Gasteiger partial charge < -0.3 is 5.32 Å². The zero-order valence-corrected chi connectivity index (χ0v) is 17.2. The monoisotopic (exact) mass is 439 g/mol. The minimum Gasteiger partial charge on any atom is -0.324 e. The lowest BCUT2D eigenvalue weighted by Gasteiger charge is -2.13. The van der Waals surface area contributed by atoms with Crippen LogP contribution in [-0.2, 0) is 21.4 Å². The molecule has 10 heteroatoms. The van der Waals surface area contributed by atoms with Crippen LogP contribution in [0.3, 0.4) is 0 Å². The minimum absolute atomic E-state index is 0.0697. The van der Waals surface area contributed by atoms with Crippen LogP contribution in [0.25, 0.3) is 11.0 Å². The molecule has 0 aliphatic heterocycles. The Bertz CT molecular complexity index is 1380. The number of hydrogen-bond acceptors (Lipinski definition) is 5. The molecule has 31 heavy (non-hydrogen) atoms. The highest BCUT2D eigenvalue weighted by molar-refractivity contribution is 7.92. The molecule has 8 nitrogen and oxygen atoms in total. The highest BCUT2D eigenvalue weighted by Gasteiger charge is 2.20. The zero-order valence-electron chi connectivity index (χ0n) is 16.4. The number of halogens is 1. The summed E-state index contributed by atoms with van der Waals surface area (Å²) in [6.07, 6.45) is 0. The quantitative estimate of drug-likeness (QED) is 0.479. The summed E-state index contributed by atoms with van der Waals surface area (Å²) in [7, 11) is -4.07. The summed E-state index contributed by atoms with van der Waals surface area (Å²) in [4.78, 5) is 12.4. The van der Waals surface area contributed by atoms with Gasteiger partial charge in [0.15, 0.2) is 0 Å². The average molecular weight is 439 g/mol. The first-order chi connectivity index (χ1) is 14.8. The summed E-state index contributed by atoms with van der Waals surface area (Å²) in [5, 5.41) is 10.6. The van der Waals surface area contributed by atoms with Crippen molar-refractivity contribution in [2.75, 3.05) is 10.0 Å². The van der Waals surface area contributed by atoms with E-state index in [9.17, 15) is 17.6 Å². The van der Waals surface area contributed by atoms with Gasteiger partial charge in [0.05, 0.1) is 16.1 Å². The fourth-order valence-electron chi connectivity index (χ4n) is 3.08. The van der Waals surface area contributed by atoms with Crippen molar-refractivity contribution >= 4 is 38.3 Å². The predicted octanol–water partition coefficient (Wildman–Crippen LogP) is 3.32. The van der Waals surface area contributed by atoms with Gasteiger partial charge in [0.2, 0.25) is 5.91 Å². The minimum atomic E-state index is -4.07. The number of fused-ring (bicyclic) bond motifs is 1. The molecule has 0 fully saturated rings. The van der Waals surface area contributed by atoms with Gasteiger partial charge >= 0.3 is 0 Å². The standard InChI is InChI=1S/C21H18FN5O3S/c1-14-10-11-15(12-20(14)31(29,30)25-17-7-3-2-6-16(17)22)23-21(28)13-27-19-9-5-4-8-18(19)24-26-27/h2-12,25H,13H2,1H3,(H,23,28). The average Bonchev–Trinajstić information content (AvgIpc) is 3.14. The van der Waals surface area contributed by atoms with Crippen LogP contribution in [0.1, 0.15) is 5.56 Å². The van der Waals surface area contributed by atoms with Crippen molar-refractivity contribution in [1.82, 2.24) is 15.0 Å². The predicted molar refractivity (Wildman–Crippen MR) is 115 cm³/mol. The molecule has 0 aliphatic carbocycles. The Kier molecular flexibility index (Phi) is 5.38. The van der Waals surface area contributed by atoms with Crippen molar-refractivity contribution in [2.45, 2.75) is 18.4 Å². The highest BCUT2D eigenvalue weighted by Crippen LogP contribution is 2.24. The van der Waals surface area contributed by atoms with Crippen LogP contribution in [0.5, 0.6) is 0 Å². The number of carbonyl (C=O) groups excluding carboxylic acids is 1. The fraction of sp³-hybridized carbons (Fsp3) is 0.0952. The van der Waals surface area contributed by atoms with Gasteiger partial charge in [-0.2, -0.15) is 0 Å². The first-order valence-electron chi connectivity index (χ1n) is 9.29. The molecule has 4 aromatic rings. The molecule has 1 aromatic heterocycles. The molecule has 158 valence electrons. The first-order valence-corrected chi connectivity index (χ1v) is 10.8. The largest absolute Gasteiger partial charge is 0.324 e. The number of sulfonamides is 1. The summed E-state index contributed by atoms with van der Waals surface area (Å²) >= 11 is 0. The molecule has 0 radical (unpaired) electrons. The number of rotatable bonds is 6. The lowest BCUT2D eigenvalue weighted by molar-refractivity contribution is -0.116. The normalized spacial score (nSPS) is 11.4. The topological polar surface area (TPSA) is 106 Å². The van der Waals surface area contributed by atoms with Gasteiger partial charge in [-0.15, -0.1) is 5.10 Å². The van der Waals surface area contributed by atoms with Crippen LogP contribution < -0.4 is 10.0 Å².